The molecule has 0 fully saturated rings. The van der Waals surface area contributed by atoms with E-state index in [2.05, 4.69) is 27.5 Å². The predicted octanol–water partition coefficient (Wildman–Crippen LogP) is 4.16. The van der Waals surface area contributed by atoms with Crippen LogP contribution in [0.1, 0.15) is 25.8 Å². The molecule has 0 unspecified atom stereocenters. The fourth-order valence-corrected chi connectivity index (χ4v) is 3.47. The lowest BCUT2D eigenvalue weighted by atomic mass is 10.0. The van der Waals surface area contributed by atoms with Gasteiger partial charge in [-0.2, -0.15) is 0 Å². The number of carbonyl (C=O) groups is 1. The number of benzene rings is 1. The second-order valence-corrected chi connectivity index (χ2v) is 8.87. The fourth-order valence-electron chi connectivity index (χ4n) is 3.47. The Hall–Kier alpha value is -3.73. The summed E-state index contributed by atoms with van der Waals surface area (Å²) in [5.74, 6) is -1.01. The predicted molar refractivity (Wildman–Crippen MR) is 133 cm³/mol. The minimum atomic E-state index is -2.78. The molecular formula is C26H31F3N4O4. The number of para-hydroxylation sites is 1. The van der Waals surface area contributed by atoms with Crippen molar-refractivity contribution < 1.29 is 32.2 Å². The highest BCUT2D eigenvalue weighted by Gasteiger charge is 2.25. The van der Waals surface area contributed by atoms with Crippen LogP contribution in [0.15, 0.2) is 60.2 Å². The van der Waals surface area contributed by atoms with Crippen molar-refractivity contribution in [1.82, 2.24) is 15.6 Å². The third-order valence-corrected chi connectivity index (χ3v) is 5.59. The third-order valence-electron chi connectivity index (χ3n) is 5.59. The average molecular weight is 521 g/mol. The van der Waals surface area contributed by atoms with E-state index in [-0.39, 0.29) is 28.6 Å². The molecule has 1 aromatic carbocycles. The van der Waals surface area contributed by atoms with Crippen LogP contribution < -0.4 is 25.4 Å². The first-order chi connectivity index (χ1) is 17.6. The number of hydrogen-bond donors (Lipinski definition) is 3. The van der Waals surface area contributed by atoms with E-state index < -0.39 is 24.5 Å². The van der Waals surface area contributed by atoms with Crippen molar-refractivity contribution in [3.05, 3.63) is 71.6 Å². The first kappa shape index (κ1) is 27.9. The van der Waals surface area contributed by atoms with E-state index in [0.29, 0.717) is 37.6 Å². The summed E-state index contributed by atoms with van der Waals surface area (Å²) in [6.45, 7) is 7.80. The summed E-state index contributed by atoms with van der Waals surface area (Å²) in [4.78, 5) is 16.9. The highest BCUT2D eigenvalue weighted by atomic mass is 19.3. The normalized spacial score (nSPS) is 13.9. The van der Waals surface area contributed by atoms with Gasteiger partial charge in [-0.1, -0.05) is 12.6 Å². The number of anilines is 1. The molecule has 37 heavy (non-hydrogen) atoms. The van der Waals surface area contributed by atoms with E-state index >= 15 is 0 Å². The van der Waals surface area contributed by atoms with E-state index in [4.69, 9.17) is 14.2 Å². The molecule has 3 N–H and O–H groups in total. The van der Waals surface area contributed by atoms with E-state index in [1.165, 1.54) is 12.1 Å². The number of ether oxygens (including phenoxy) is 3. The molecule has 0 saturated carbocycles. The number of alkyl halides is 2. The maximum atomic E-state index is 14.3. The van der Waals surface area contributed by atoms with E-state index in [0.717, 1.165) is 11.6 Å². The van der Waals surface area contributed by atoms with Gasteiger partial charge in [0.1, 0.15) is 19.0 Å². The number of nitrogens with one attached hydrogen (secondary N) is 3. The highest BCUT2D eigenvalue weighted by molar-refractivity contribution is 6.00. The number of carbonyl (C=O) groups excluding carboxylic acids is 1. The Bertz CT molecular complexity index is 1150. The molecule has 3 rings (SSSR count). The first-order valence-corrected chi connectivity index (χ1v) is 11.6. The van der Waals surface area contributed by atoms with E-state index in [1.807, 2.05) is 13.8 Å². The largest absolute Gasteiger partial charge is 0.489 e. The molecule has 200 valence electrons. The number of nitrogens with zero attached hydrogens (tertiary/aromatic N) is 1. The lowest BCUT2D eigenvalue weighted by molar-refractivity contribution is -0.117. The number of hydrogen-bond acceptors (Lipinski definition) is 7. The summed E-state index contributed by atoms with van der Waals surface area (Å²) in [5, 5.41) is 8.88. The van der Waals surface area contributed by atoms with Crippen molar-refractivity contribution in [3.63, 3.8) is 0 Å². The average Bonchev–Trinajstić information content (AvgIpc) is 2.86. The van der Waals surface area contributed by atoms with Gasteiger partial charge in [0.15, 0.2) is 11.6 Å². The maximum absolute atomic E-state index is 14.3. The number of methoxy groups -OCH3 is 1. The van der Waals surface area contributed by atoms with Crippen LogP contribution in [-0.4, -0.2) is 49.8 Å². The van der Waals surface area contributed by atoms with Crippen molar-refractivity contribution in [1.29, 1.82) is 0 Å². The summed E-state index contributed by atoms with van der Waals surface area (Å²) in [5.41, 5.74) is 1.38. The van der Waals surface area contributed by atoms with E-state index in [9.17, 15) is 18.0 Å². The summed E-state index contributed by atoms with van der Waals surface area (Å²) in [6.07, 6.45) is 0.953. The van der Waals surface area contributed by atoms with Crippen LogP contribution in [0.3, 0.4) is 0 Å². The molecule has 0 atom stereocenters. The Morgan fingerprint density at radius 3 is 2.78 bits per heavy atom. The summed E-state index contributed by atoms with van der Waals surface area (Å²) in [6, 6.07) is 5.74. The zero-order chi connectivity index (χ0) is 27.0. The van der Waals surface area contributed by atoms with Crippen molar-refractivity contribution >= 4 is 11.6 Å². The van der Waals surface area contributed by atoms with Gasteiger partial charge in [-0.15, -0.1) is 0 Å². The molecule has 0 radical (unpaired) electrons. The molecule has 0 saturated heterocycles. The quantitative estimate of drug-likeness (QED) is 0.365. The van der Waals surface area contributed by atoms with Crippen LogP contribution in [-0.2, 0) is 16.1 Å². The summed E-state index contributed by atoms with van der Waals surface area (Å²) >= 11 is 0. The molecule has 2 heterocycles. The van der Waals surface area contributed by atoms with Crippen LogP contribution >= 0.6 is 0 Å². The Balaban J connectivity index is 1.80. The zero-order valence-corrected chi connectivity index (χ0v) is 21.0. The number of aromatic nitrogens is 1. The Kier molecular flexibility index (Phi) is 9.40. The molecule has 0 bridgehead atoms. The monoisotopic (exact) mass is 520 g/mol. The van der Waals surface area contributed by atoms with E-state index in [1.54, 1.807) is 25.6 Å². The molecule has 2 aromatic rings. The van der Waals surface area contributed by atoms with Gasteiger partial charge in [-0.05, 0) is 32.0 Å². The number of amides is 1. The Morgan fingerprint density at radius 2 is 2.05 bits per heavy atom. The van der Waals surface area contributed by atoms with Crippen LogP contribution in [0.25, 0.3) is 0 Å². The number of pyridine rings is 1. The summed E-state index contributed by atoms with van der Waals surface area (Å²) in [7, 11) is 1.61. The van der Waals surface area contributed by atoms with Gasteiger partial charge < -0.3 is 30.2 Å². The molecule has 1 aliphatic heterocycles. The van der Waals surface area contributed by atoms with Crippen LogP contribution in [0.2, 0.25) is 0 Å². The van der Waals surface area contributed by atoms with Crippen LogP contribution in [0, 0.1) is 5.82 Å². The van der Waals surface area contributed by atoms with Crippen molar-refractivity contribution in [2.45, 2.75) is 38.8 Å². The first-order valence-electron chi connectivity index (χ1n) is 11.6. The molecule has 8 nitrogen and oxygen atoms in total. The lowest BCUT2D eigenvalue weighted by Crippen LogP contribution is -2.37. The second-order valence-electron chi connectivity index (χ2n) is 8.87. The maximum Gasteiger partial charge on any atom is 0.272 e. The van der Waals surface area contributed by atoms with Gasteiger partial charge in [0.25, 0.3) is 12.3 Å². The van der Waals surface area contributed by atoms with Gasteiger partial charge in [0, 0.05) is 49.8 Å². The van der Waals surface area contributed by atoms with Crippen LogP contribution in [0.4, 0.5) is 18.9 Å². The second kappa shape index (κ2) is 12.5. The minimum Gasteiger partial charge on any atom is -0.489 e. The minimum absolute atomic E-state index is 0.0708. The van der Waals surface area contributed by atoms with Crippen molar-refractivity contribution in [2.24, 2.45) is 0 Å². The SMILES string of the molecule is C=C(Nc1cccc(F)c1OCC(F)F)C1=C(NCc2ccncc2OCC(C)(C)OC)CCNC1=O. The molecule has 11 heteroatoms. The zero-order valence-electron chi connectivity index (χ0n) is 21.0. The number of rotatable bonds is 13. The highest BCUT2D eigenvalue weighted by Crippen LogP contribution is 2.31. The summed E-state index contributed by atoms with van der Waals surface area (Å²) < 4.78 is 55.8. The Labute approximate surface area is 213 Å². The van der Waals surface area contributed by atoms with Gasteiger partial charge in [0.2, 0.25) is 0 Å². The number of halogens is 3. The molecular weight excluding hydrogens is 489 g/mol. The smallest absolute Gasteiger partial charge is 0.272 e. The van der Waals surface area contributed by atoms with Crippen LogP contribution in [0.5, 0.6) is 11.5 Å². The van der Waals surface area contributed by atoms with Gasteiger partial charge in [-0.3, -0.25) is 9.78 Å². The molecule has 0 aliphatic carbocycles. The van der Waals surface area contributed by atoms with Crippen molar-refractivity contribution in [3.8, 4) is 11.5 Å². The van der Waals surface area contributed by atoms with Gasteiger partial charge in [-0.25, -0.2) is 13.2 Å². The molecule has 1 aliphatic rings. The lowest BCUT2D eigenvalue weighted by Gasteiger charge is -2.25. The third kappa shape index (κ3) is 7.63. The molecule has 1 amide bonds. The van der Waals surface area contributed by atoms with Crippen molar-refractivity contribution in [2.75, 3.05) is 32.2 Å². The van der Waals surface area contributed by atoms with Gasteiger partial charge in [0.05, 0.1) is 23.1 Å². The molecule has 1 aromatic heterocycles. The topological polar surface area (TPSA) is 93.7 Å². The standard InChI is InChI=1S/C26H31F3N4O4/c1-16(33-20-7-5-6-18(27)24(20)36-14-22(28)29)23-19(9-11-31-25(23)34)32-12-17-8-10-30-13-21(17)37-15-26(2,3)35-4/h5-8,10,13,22,32-33H,1,9,11-12,14-15H2,2-4H3,(H,31,34). The fraction of sp³-hybridized carbons (Fsp3) is 0.385. The Morgan fingerprint density at radius 1 is 1.27 bits per heavy atom. The molecule has 0 spiro atoms. The van der Waals surface area contributed by atoms with Gasteiger partial charge >= 0.3 is 0 Å².